The zero-order chi connectivity index (χ0) is 14.4. The Morgan fingerprint density at radius 3 is 2.80 bits per heavy atom. The van der Waals surface area contributed by atoms with Crippen LogP contribution in [0.25, 0.3) is 0 Å². The number of ether oxygens (including phenoxy) is 1. The van der Waals surface area contributed by atoms with Crippen LogP contribution in [0.2, 0.25) is 5.02 Å². The maximum Gasteiger partial charge on any atom is 0.0702 e. The van der Waals surface area contributed by atoms with Gasteiger partial charge in [-0.15, -0.1) is 0 Å². The van der Waals surface area contributed by atoms with E-state index in [1.54, 1.807) is 0 Å². The highest BCUT2D eigenvalue weighted by Gasteiger charge is 2.26. The summed E-state index contributed by atoms with van der Waals surface area (Å²) in [7, 11) is 0. The van der Waals surface area contributed by atoms with E-state index in [-0.39, 0.29) is 6.04 Å². The van der Waals surface area contributed by atoms with Crippen LogP contribution < -0.4 is 5.73 Å². The summed E-state index contributed by atoms with van der Waals surface area (Å²) in [6.45, 7) is 5.70. The van der Waals surface area contributed by atoms with Crippen LogP contribution >= 0.6 is 11.6 Å². The van der Waals surface area contributed by atoms with E-state index in [0.29, 0.717) is 12.6 Å². The van der Waals surface area contributed by atoms with Gasteiger partial charge in [0.1, 0.15) is 0 Å². The van der Waals surface area contributed by atoms with Crippen molar-refractivity contribution in [3.8, 4) is 0 Å². The molecule has 0 spiro atoms. The normalized spacial score (nSPS) is 21.9. The molecule has 4 heteroatoms. The van der Waals surface area contributed by atoms with Gasteiger partial charge >= 0.3 is 0 Å². The van der Waals surface area contributed by atoms with E-state index >= 15 is 0 Å². The first-order valence-corrected chi connectivity index (χ1v) is 7.93. The zero-order valence-electron chi connectivity index (χ0n) is 12.2. The van der Waals surface area contributed by atoms with E-state index in [4.69, 9.17) is 22.1 Å². The van der Waals surface area contributed by atoms with Crippen LogP contribution in [0, 0.1) is 0 Å². The van der Waals surface area contributed by atoms with Crippen molar-refractivity contribution in [2.75, 3.05) is 26.2 Å². The molecular weight excluding hydrogens is 272 g/mol. The van der Waals surface area contributed by atoms with E-state index in [2.05, 4.69) is 24.0 Å². The average Bonchev–Trinajstić information content (AvgIpc) is 2.48. The van der Waals surface area contributed by atoms with Crippen LogP contribution in [-0.2, 0) is 4.74 Å². The average molecular weight is 297 g/mol. The van der Waals surface area contributed by atoms with Gasteiger partial charge in [0, 0.05) is 30.8 Å². The Labute approximate surface area is 127 Å². The monoisotopic (exact) mass is 296 g/mol. The fraction of sp³-hybridized carbons (Fsp3) is 0.625. The van der Waals surface area contributed by atoms with E-state index < -0.39 is 0 Å². The number of hydrogen-bond acceptors (Lipinski definition) is 3. The van der Waals surface area contributed by atoms with E-state index in [0.717, 1.165) is 37.6 Å². The van der Waals surface area contributed by atoms with Crippen molar-refractivity contribution in [1.82, 2.24) is 4.90 Å². The van der Waals surface area contributed by atoms with Crippen molar-refractivity contribution in [2.24, 2.45) is 5.73 Å². The number of nitrogens with zero attached hydrogens (tertiary/aromatic N) is 1. The van der Waals surface area contributed by atoms with Crippen molar-refractivity contribution in [1.29, 1.82) is 0 Å². The zero-order valence-corrected chi connectivity index (χ0v) is 13.0. The lowest BCUT2D eigenvalue weighted by Gasteiger charge is -2.38. The minimum atomic E-state index is 0.264. The molecule has 2 atom stereocenters. The van der Waals surface area contributed by atoms with E-state index in [9.17, 15) is 0 Å². The van der Waals surface area contributed by atoms with Gasteiger partial charge in [0.05, 0.1) is 6.10 Å². The summed E-state index contributed by atoms with van der Waals surface area (Å²) >= 11 is 5.96. The first kappa shape index (κ1) is 15.8. The summed E-state index contributed by atoms with van der Waals surface area (Å²) < 4.78 is 5.91. The molecule has 1 aliphatic heterocycles. The number of rotatable bonds is 6. The summed E-state index contributed by atoms with van der Waals surface area (Å²) in [6.07, 6.45) is 3.77. The summed E-state index contributed by atoms with van der Waals surface area (Å²) in [6, 6.07) is 8.30. The molecule has 2 rings (SSSR count). The number of benzene rings is 1. The Morgan fingerprint density at radius 1 is 1.40 bits per heavy atom. The molecule has 1 saturated heterocycles. The summed E-state index contributed by atoms with van der Waals surface area (Å²) in [4.78, 5) is 2.45. The van der Waals surface area contributed by atoms with Crippen LogP contribution in [0.3, 0.4) is 0 Å². The molecule has 0 amide bonds. The first-order valence-electron chi connectivity index (χ1n) is 7.55. The standard InChI is InChI=1S/C16H25ClN2O/c1-2-10-20-15-4-3-9-19(12-15)16(11-18)13-5-7-14(17)8-6-13/h5-8,15-16H,2-4,9-12,18H2,1H3. The molecule has 0 bridgehead atoms. The van der Waals surface area contributed by atoms with Gasteiger partial charge in [0.15, 0.2) is 0 Å². The molecule has 2 unspecified atom stereocenters. The lowest BCUT2D eigenvalue weighted by atomic mass is 10.0. The molecule has 1 aromatic carbocycles. The number of piperidine rings is 1. The number of hydrogen-bond donors (Lipinski definition) is 1. The Balaban J connectivity index is 2.01. The van der Waals surface area contributed by atoms with Gasteiger partial charge in [0.2, 0.25) is 0 Å². The van der Waals surface area contributed by atoms with E-state index in [1.165, 1.54) is 12.0 Å². The van der Waals surface area contributed by atoms with Gasteiger partial charge in [-0.05, 0) is 43.5 Å². The van der Waals surface area contributed by atoms with Gasteiger partial charge in [-0.3, -0.25) is 4.90 Å². The fourth-order valence-corrected chi connectivity index (χ4v) is 2.98. The first-order chi connectivity index (χ1) is 9.74. The van der Waals surface area contributed by atoms with Gasteiger partial charge in [-0.1, -0.05) is 30.7 Å². The lowest BCUT2D eigenvalue weighted by Crippen LogP contribution is -2.44. The van der Waals surface area contributed by atoms with Gasteiger partial charge < -0.3 is 10.5 Å². The van der Waals surface area contributed by atoms with Crippen LogP contribution in [0.15, 0.2) is 24.3 Å². The second-order valence-electron chi connectivity index (χ2n) is 5.43. The van der Waals surface area contributed by atoms with Crippen molar-refractivity contribution in [3.63, 3.8) is 0 Å². The molecule has 20 heavy (non-hydrogen) atoms. The van der Waals surface area contributed by atoms with Crippen LogP contribution in [-0.4, -0.2) is 37.2 Å². The topological polar surface area (TPSA) is 38.5 Å². The highest BCUT2D eigenvalue weighted by atomic mass is 35.5. The minimum Gasteiger partial charge on any atom is -0.377 e. The summed E-state index contributed by atoms with van der Waals surface area (Å²) in [5, 5.41) is 0.771. The third-order valence-electron chi connectivity index (χ3n) is 3.89. The molecule has 112 valence electrons. The molecule has 0 aromatic heterocycles. The predicted octanol–water partition coefficient (Wildman–Crippen LogP) is 3.23. The Hall–Kier alpha value is -0.610. The molecule has 1 heterocycles. The maximum absolute atomic E-state index is 6.00. The number of likely N-dealkylation sites (tertiary alicyclic amines) is 1. The molecule has 0 radical (unpaired) electrons. The molecule has 3 nitrogen and oxygen atoms in total. The molecule has 0 saturated carbocycles. The third-order valence-corrected chi connectivity index (χ3v) is 4.14. The smallest absolute Gasteiger partial charge is 0.0702 e. The van der Waals surface area contributed by atoms with Crippen molar-refractivity contribution in [2.45, 2.75) is 38.3 Å². The van der Waals surface area contributed by atoms with Crippen LogP contribution in [0.1, 0.15) is 37.8 Å². The molecular formula is C16H25ClN2O. The fourth-order valence-electron chi connectivity index (χ4n) is 2.85. The van der Waals surface area contributed by atoms with Crippen LogP contribution in [0.4, 0.5) is 0 Å². The van der Waals surface area contributed by atoms with Crippen molar-refractivity contribution < 1.29 is 4.74 Å². The van der Waals surface area contributed by atoms with Crippen molar-refractivity contribution in [3.05, 3.63) is 34.9 Å². The lowest BCUT2D eigenvalue weighted by molar-refractivity contribution is -0.0118. The predicted molar refractivity (Wildman–Crippen MR) is 84.1 cm³/mol. The maximum atomic E-state index is 6.00. The quantitative estimate of drug-likeness (QED) is 0.876. The van der Waals surface area contributed by atoms with E-state index in [1.807, 2.05) is 12.1 Å². The largest absolute Gasteiger partial charge is 0.377 e. The van der Waals surface area contributed by atoms with Gasteiger partial charge in [0.25, 0.3) is 0 Å². The second-order valence-corrected chi connectivity index (χ2v) is 5.87. The summed E-state index contributed by atoms with van der Waals surface area (Å²) in [5.41, 5.74) is 7.25. The highest BCUT2D eigenvalue weighted by Crippen LogP contribution is 2.26. The number of halogens is 1. The molecule has 2 N–H and O–H groups in total. The molecule has 1 aliphatic rings. The van der Waals surface area contributed by atoms with Gasteiger partial charge in [-0.25, -0.2) is 0 Å². The SMILES string of the molecule is CCCOC1CCCN(C(CN)c2ccc(Cl)cc2)C1. The third kappa shape index (κ3) is 4.19. The second kappa shape index (κ2) is 7.99. The Bertz CT molecular complexity index is 396. The van der Waals surface area contributed by atoms with Crippen molar-refractivity contribution >= 4 is 11.6 Å². The number of nitrogens with two attached hydrogens (primary N) is 1. The van der Waals surface area contributed by atoms with Crippen LogP contribution in [0.5, 0.6) is 0 Å². The van der Waals surface area contributed by atoms with Gasteiger partial charge in [-0.2, -0.15) is 0 Å². The molecule has 0 aliphatic carbocycles. The molecule has 1 aromatic rings. The summed E-state index contributed by atoms with van der Waals surface area (Å²) in [5.74, 6) is 0. The Morgan fingerprint density at radius 2 is 2.15 bits per heavy atom. The minimum absolute atomic E-state index is 0.264. The highest BCUT2D eigenvalue weighted by molar-refractivity contribution is 6.30. The molecule has 1 fully saturated rings. The Kier molecular flexibility index (Phi) is 6.30.